The molecule has 136 valence electrons. The van der Waals surface area contributed by atoms with Crippen molar-refractivity contribution in [3.05, 3.63) is 0 Å². The van der Waals surface area contributed by atoms with E-state index in [0.717, 1.165) is 6.61 Å². The Morgan fingerprint density at radius 3 is 1.48 bits per heavy atom. The van der Waals surface area contributed by atoms with Crippen LogP contribution in [0.4, 0.5) is 0 Å². The molecule has 1 saturated heterocycles. The molecule has 0 saturated carbocycles. The van der Waals surface area contributed by atoms with E-state index in [1.165, 1.54) is 83.5 Å². The van der Waals surface area contributed by atoms with Gasteiger partial charge < -0.3 is 6.16 Å². The number of hydrogen-bond acceptors (Lipinski definition) is 3. The fourth-order valence-corrected chi connectivity index (χ4v) is 2.45. The molecule has 1 aliphatic rings. The van der Waals surface area contributed by atoms with Gasteiger partial charge in [0.1, 0.15) is 0 Å². The van der Waals surface area contributed by atoms with Crippen molar-refractivity contribution in [1.82, 2.24) is 0 Å². The van der Waals surface area contributed by atoms with Gasteiger partial charge in [-0.1, -0.05) is 84.0 Å². The first-order valence-electron chi connectivity index (χ1n) is 8.75. The van der Waals surface area contributed by atoms with Crippen LogP contribution in [0.5, 0.6) is 0 Å². The summed E-state index contributed by atoms with van der Waals surface area (Å²) in [5.74, 6) is 0. The monoisotopic (exact) mass is 362 g/mol. The maximum atomic E-state index is 8.74. The number of epoxide rings is 1. The number of unbranched alkanes of at least 4 members (excludes halogenated alkanes) is 11. The number of rotatable bonds is 13. The molecular weight excluding hydrogens is 327 g/mol. The van der Waals surface area contributed by atoms with Crippen molar-refractivity contribution in [1.29, 1.82) is 0 Å². The Bertz CT molecular complexity index is 329. The van der Waals surface area contributed by atoms with E-state index in [1.807, 2.05) is 0 Å². The van der Waals surface area contributed by atoms with Gasteiger partial charge in [0.15, 0.2) is 0 Å². The molecule has 1 atom stereocenters. The quantitative estimate of drug-likeness (QED) is 0.226. The minimum Gasteiger partial charge on any atom is -1.00 e. The third-order valence-corrected chi connectivity index (χ3v) is 3.78. The molecular formula is C16H35NaO5S. The summed E-state index contributed by atoms with van der Waals surface area (Å²) in [6.45, 7) is 3.33. The van der Waals surface area contributed by atoms with Gasteiger partial charge in [0.25, 0.3) is 0 Å². The van der Waals surface area contributed by atoms with Crippen molar-refractivity contribution in [2.75, 3.05) is 6.61 Å². The fraction of sp³-hybridized carbons (Fsp3) is 1.00. The van der Waals surface area contributed by atoms with Crippen LogP contribution in [0, 0.1) is 0 Å². The van der Waals surface area contributed by atoms with Crippen LogP contribution in [0.1, 0.15) is 91.8 Å². The minimum atomic E-state index is -4.67. The van der Waals surface area contributed by atoms with Gasteiger partial charge >= 0.3 is 40.0 Å². The van der Waals surface area contributed by atoms with Gasteiger partial charge in [0.2, 0.25) is 0 Å². The molecule has 0 radical (unpaired) electrons. The maximum absolute atomic E-state index is 8.74. The van der Waals surface area contributed by atoms with Crippen molar-refractivity contribution in [2.24, 2.45) is 0 Å². The van der Waals surface area contributed by atoms with Crippen molar-refractivity contribution in [3.8, 4) is 0 Å². The van der Waals surface area contributed by atoms with E-state index in [-0.39, 0.29) is 31.0 Å². The largest absolute Gasteiger partial charge is 1.00 e. The van der Waals surface area contributed by atoms with Crippen LogP contribution in [0.2, 0.25) is 0 Å². The zero-order valence-electron chi connectivity index (χ0n) is 16.0. The van der Waals surface area contributed by atoms with Crippen LogP contribution in [0.3, 0.4) is 0 Å². The summed E-state index contributed by atoms with van der Waals surface area (Å²) in [5, 5.41) is 0. The zero-order valence-corrected chi connectivity index (χ0v) is 17.8. The molecule has 0 amide bonds. The number of hydrogen-bond donors (Lipinski definition) is 2. The van der Waals surface area contributed by atoms with E-state index in [1.54, 1.807) is 0 Å². The van der Waals surface area contributed by atoms with Gasteiger partial charge in [-0.25, -0.2) is 0 Å². The zero-order chi connectivity index (χ0) is 16.7. The van der Waals surface area contributed by atoms with Gasteiger partial charge in [-0.2, -0.15) is 8.42 Å². The topological polar surface area (TPSA) is 87.1 Å². The average molecular weight is 363 g/mol. The average Bonchev–Trinajstić information content (AvgIpc) is 3.22. The summed E-state index contributed by atoms with van der Waals surface area (Å²) in [7, 11) is -4.67. The van der Waals surface area contributed by atoms with Crippen LogP contribution in [0.15, 0.2) is 0 Å². The Labute approximate surface area is 166 Å². The normalized spacial score (nSPS) is 16.2. The smallest absolute Gasteiger partial charge is 1.00 e. The van der Waals surface area contributed by atoms with Crippen molar-refractivity contribution < 1.29 is 53.2 Å². The first-order valence-corrected chi connectivity index (χ1v) is 10.1. The molecule has 7 heteroatoms. The Morgan fingerprint density at radius 1 is 0.870 bits per heavy atom. The van der Waals surface area contributed by atoms with E-state index in [9.17, 15) is 0 Å². The summed E-state index contributed by atoms with van der Waals surface area (Å²) >= 11 is 0. The van der Waals surface area contributed by atoms with E-state index < -0.39 is 10.4 Å². The first-order chi connectivity index (χ1) is 10.4. The van der Waals surface area contributed by atoms with Gasteiger partial charge in [-0.3, -0.25) is 9.11 Å². The van der Waals surface area contributed by atoms with Gasteiger partial charge in [0, 0.05) is 0 Å². The van der Waals surface area contributed by atoms with Crippen LogP contribution in [-0.2, 0) is 15.1 Å². The molecule has 1 heterocycles. The molecule has 1 rings (SSSR count). The van der Waals surface area contributed by atoms with Crippen LogP contribution in [-0.4, -0.2) is 30.2 Å². The molecule has 1 fully saturated rings. The standard InChI is InChI=1S/C16H32O.Na.H2O4S.H/c1-2-3-4-5-6-7-8-9-10-11-12-13-14-16-15-17-16;;1-5(2,3)4;/h16H,2-15H2,1H3;;(H2,1,2,3,4);/q;+1;;-1. The molecule has 0 bridgehead atoms. The van der Waals surface area contributed by atoms with Crippen molar-refractivity contribution in [3.63, 3.8) is 0 Å². The third kappa shape index (κ3) is 31.2. The van der Waals surface area contributed by atoms with Crippen LogP contribution < -0.4 is 29.6 Å². The van der Waals surface area contributed by atoms with E-state index >= 15 is 0 Å². The molecule has 1 unspecified atom stereocenters. The summed E-state index contributed by atoms with van der Waals surface area (Å²) in [5.41, 5.74) is 0. The molecule has 0 aromatic rings. The second-order valence-corrected chi connectivity index (χ2v) is 6.98. The van der Waals surface area contributed by atoms with E-state index in [2.05, 4.69) is 6.92 Å². The summed E-state index contributed by atoms with van der Waals surface area (Å²) in [6.07, 6.45) is 19.3. The molecule has 1 aliphatic heterocycles. The van der Waals surface area contributed by atoms with Crippen LogP contribution in [0.25, 0.3) is 0 Å². The molecule has 5 nitrogen and oxygen atoms in total. The van der Waals surface area contributed by atoms with E-state index in [4.69, 9.17) is 22.3 Å². The molecule has 0 spiro atoms. The first kappa shape index (κ1) is 26.1. The van der Waals surface area contributed by atoms with Gasteiger partial charge in [0.05, 0.1) is 12.7 Å². The predicted octanol–water partition coefficient (Wildman–Crippen LogP) is 1.94. The van der Waals surface area contributed by atoms with Crippen LogP contribution >= 0.6 is 0 Å². The Hall–Kier alpha value is 0.830. The Morgan fingerprint density at radius 2 is 1.17 bits per heavy atom. The summed E-state index contributed by atoms with van der Waals surface area (Å²) in [4.78, 5) is 0. The fourth-order valence-electron chi connectivity index (χ4n) is 2.45. The second kappa shape index (κ2) is 17.6. The molecule has 0 aromatic heterocycles. The van der Waals surface area contributed by atoms with Gasteiger partial charge in [-0.15, -0.1) is 0 Å². The second-order valence-electron chi connectivity index (χ2n) is 6.08. The predicted molar refractivity (Wildman–Crippen MR) is 90.7 cm³/mol. The third-order valence-electron chi connectivity index (χ3n) is 3.78. The van der Waals surface area contributed by atoms with E-state index in [0.29, 0.717) is 6.10 Å². The molecule has 2 N–H and O–H groups in total. The SMILES string of the molecule is CCCCCCCCCCCCCCC1CO1.O=S(=O)(O)O.[H-].[Na+]. The molecule has 0 aliphatic carbocycles. The molecule has 0 aromatic carbocycles. The minimum absolute atomic E-state index is 0. The van der Waals surface area contributed by atoms with Crippen molar-refractivity contribution >= 4 is 10.4 Å². The Kier molecular flexibility index (Phi) is 20.0. The summed E-state index contributed by atoms with van der Waals surface area (Å²) in [6, 6.07) is 0. The molecule has 23 heavy (non-hydrogen) atoms. The number of ether oxygens (including phenoxy) is 1. The maximum Gasteiger partial charge on any atom is 1.00 e. The summed E-state index contributed by atoms with van der Waals surface area (Å²) < 4.78 is 36.8. The van der Waals surface area contributed by atoms with Gasteiger partial charge in [-0.05, 0) is 6.42 Å². The van der Waals surface area contributed by atoms with Crippen molar-refractivity contribution in [2.45, 2.75) is 96.5 Å². The Balaban J connectivity index is -0.000000554.